The number of nitrogens with two attached hydrogens (primary N) is 1. The van der Waals surface area contributed by atoms with Gasteiger partial charge in [0.05, 0.1) is 12.8 Å². The van der Waals surface area contributed by atoms with Gasteiger partial charge in [-0.3, -0.25) is 0 Å². The van der Waals surface area contributed by atoms with Crippen molar-refractivity contribution in [2.45, 2.75) is 26.7 Å². The van der Waals surface area contributed by atoms with Crippen molar-refractivity contribution >= 4 is 23.0 Å². The molecule has 0 atom stereocenters. The minimum absolute atomic E-state index is 0.124. The largest absolute Gasteiger partial charge is 0.465 e. The van der Waals surface area contributed by atoms with E-state index in [1.165, 1.54) is 24.5 Å². The van der Waals surface area contributed by atoms with Gasteiger partial charge in [-0.1, -0.05) is 26.0 Å². The summed E-state index contributed by atoms with van der Waals surface area (Å²) in [5.41, 5.74) is 8.71. The first-order chi connectivity index (χ1) is 9.86. The average Bonchev–Trinajstić information content (AvgIpc) is 2.78. The van der Waals surface area contributed by atoms with Crippen LogP contribution in [0.3, 0.4) is 0 Å². The monoisotopic (exact) mass is 307 g/mol. The Labute approximate surface area is 127 Å². The second-order valence-corrected chi connectivity index (χ2v) is 6.22. The molecule has 2 rings (SSSR count). The molecular weight excluding hydrogens is 289 g/mol. The summed E-state index contributed by atoms with van der Waals surface area (Å²) in [6, 6.07) is 5.05. The van der Waals surface area contributed by atoms with Crippen LogP contribution in [-0.2, 0) is 4.74 Å². The SMILES string of the molecule is COC(=O)c1sc(-c2ccc(C)c(F)c2)c(C(C)C)c1N. The Morgan fingerprint density at radius 3 is 2.57 bits per heavy atom. The highest BCUT2D eigenvalue weighted by atomic mass is 32.1. The Balaban J connectivity index is 2.67. The molecule has 21 heavy (non-hydrogen) atoms. The first kappa shape index (κ1) is 15.5. The molecule has 1 heterocycles. The predicted octanol–water partition coefficient (Wildman–Crippen LogP) is 4.35. The van der Waals surface area contributed by atoms with Crippen molar-refractivity contribution in [2.75, 3.05) is 12.8 Å². The zero-order valence-electron chi connectivity index (χ0n) is 12.5. The maximum atomic E-state index is 13.8. The Morgan fingerprint density at radius 2 is 2.05 bits per heavy atom. The van der Waals surface area contributed by atoms with Gasteiger partial charge in [0.15, 0.2) is 0 Å². The van der Waals surface area contributed by atoms with Crippen LogP contribution in [0.2, 0.25) is 0 Å². The number of methoxy groups -OCH3 is 1. The van der Waals surface area contributed by atoms with E-state index in [4.69, 9.17) is 10.5 Å². The molecular formula is C16H18FNO2S. The van der Waals surface area contributed by atoms with E-state index in [2.05, 4.69) is 0 Å². The van der Waals surface area contributed by atoms with E-state index in [1.807, 2.05) is 19.9 Å². The standard InChI is InChI=1S/C16H18FNO2S/c1-8(2)12-13(18)15(16(19)20-4)21-14(12)10-6-5-9(3)11(17)7-10/h5-8H,18H2,1-4H3. The number of esters is 1. The molecule has 3 nitrogen and oxygen atoms in total. The molecule has 0 aliphatic heterocycles. The summed E-state index contributed by atoms with van der Waals surface area (Å²) in [6.45, 7) is 5.70. The van der Waals surface area contributed by atoms with Gasteiger partial charge >= 0.3 is 5.97 Å². The lowest BCUT2D eigenvalue weighted by Gasteiger charge is -2.09. The number of hydrogen-bond donors (Lipinski definition) is 1. The highest BCUT2D eigenvalue weighted by molar-refractivity contribution is 7.18. The van der Waals surface area contributed by atoms with Crippen molar-refractivity contribution in [3.05, 3.63) is 40.0 Å². The molecule has 0 aliphatic rings. The fourth-order valence-electron chi connectivity index (χ4n) is 2.22. The first-order valence-corrected chi connectivity index (χ1v) is 7.45. The van der Waals surface area contributed by atoms with Crippen molar-refractivity contribution in [3.63, 3.8) is 0 Å². The molecule has 0 saturated heterocycles. The van der Waals surface area contributed by atoms with Crippen molar-refractivity contribution < 1.29 is 13.9 Å². The molecule has 0 unspecified atom stereocenters. The molecule has 5 heteroatoms. The molecule has 0 aliphatic carbocycles. The molecule has 0 saturated carbocycles. The first-order valence-electron chi connectivity index (χ1n) is 6.63. The fourth-order valence-corrected chi connectivity index (χ4v) is 3.51. The molecule has 2 N–H and O–H groups in total. The zero-order chi connectivity index (χ0) is 15.7. The summed E-state index contributed by atoms with van der Waals surface area (Å²) < 4.78 is 18.6. The number of carbonyl (C=O) groups excluding carboxylic acids is 1. The van der Waals surface area contributed by atoms with E-state index in [1.54, 1.807) is 13.0 Å². The highest BCUT2D eigenvalue weighted by Crippen LogP contribution is 2.43. The summed E-state index contributed by atoms with van der Waals surface area (Å²) in [6.07, 6.45) is 0. The summed E-state index contributed by atoms with van der Waals surface area (Å²) in [7, 11) is 1.32. The van der Waals surface area contributed by atoms with E-state index in [-0.39, 0.29) is 11.7 Å². The molecule has 2 aromatic rings. The lowest BCUT2D eigenvalue weighted by Crippen LogP contribution is -2.03. The molecule has 0 fully saturated rings. The number of thiophene rings is 1. The Kier molecular flexibility index (Phi) is 4.32. The van der Waals surface area contributed by atoms with Gasteiger partial charge in [-0.25, -0.2) is 9.18 Å². The number of benzene rings is 1. The van der Waals surface area contributed by atoms with Crippen molar-refractivity contribution in [1.29, 1.82) is 0 Å². The number of hydrogen-bond acceptors (Lipinski definition) is 4. The number of carbonyl (C=O) groups is 1. The quantitative estimate of drug-likeness (QED) is 0.857. The molecule has 1 aromatic carbocycles. The van der Waals surface area contributed by atoms with E-state index in [9.17, 15) is 9.18 Å². The van der Waals surface area contributed by atoms with Crippen LogP contribution < -0.4 is 5.73 Å². The van der Waals surface area contributed by atoms with Crippen molar-refractivity contribution in [2.24, 2.45) is 0 Å². The van der Waals surface area contributed by atoms with Crippen molar-refractivity contribution in [3.8, 4) is 10.4 Å². The molecule has 0 bridgehead atoms. The second kappa shape index (κ2) is 5.85. The number of halogens is 1. The Hall–Kier alpha value is -1.88. The number of anilines is 1. The summed E-state index contributed by atoms with van der Waals surface area (Å²) in [4.78, 5) is 13.0. The second-order valence-electron chi connectivity index (χ2n) is 5.20. The van der Waals surface area contributed by atoms with Crippen LogP contribution in [0, 0.1) is 12.7 Å². The van der Waals surface area contributed by atoms with Crippen LogP contribution >= 0.6 is 11.3 Å². The lowest BCUT2D eigenvalue weighted by molar-refractivity contribution is 0.0607. The Bertz CT molecular complexity index is 692. The Morgan fingerprint density at radius 1 is 1.38 bits per heavy atom. The maximum absolute atomic E-state index is 13.8. The lowest BCUT2D eigenvalue weighted by atomic mass is 9.98. The topological polar surface area (TPSA) is 52.3 Å². The van der Waals surface area contributed by atoms with Gasteiger partial charge in [-0.05, 0) is 35.6 Å². The van der Waals surface area contributed by atoms with Crippen LogP contribution in [0.4, 0.5) is 10.1 Å². The fraction of sp³-hybridized carbons (Fsp3) is 0.312. The molecule has 112 valence electrons. The van der Waals surface area contributed by atoms with E-state index in [0.29, 0.717) is 16.1 Å². The number of aryl methyl sites for hydroxylation is 1. The normalized spacial score (nSPS) is 11.0. The molecule has 0 amide bonds. The molecule has 0 spiro atoms. The summed E-state index contributed by atoms with van der Waals surface area (Å²) in [5, 5.41) is 0. The maximum Gasteiger partial charge on any atom is 0.350 e. The highest BCUT2D eigenvalue weighted by Gasteiger charge is 2.24. The number of ether oxygens (including phenoxy) is 1. The third kappa shape index (κ3) is 2.78. The van der Waals surface area contributed by atoms with Crippen LogP contribution in [0.1, 0.15) is 40.6 Å². The third-order valence-corrected chi connectivity index (χ3v) is 4.62. The predicted molar refractivity (Wildman–Crippen MR) is 84.3 cm³/mol. The van der Waals surface area contributed by atoms with Gasteiger partial charge in [0.25, 0.3) is 0 Å². The smallest absolute Gasteiger partial charge is 0.350 e. The summed E-state index contributed by atoms with van der Waals surface area (Å²) in [5.74, 6) is -0.606. The van der Waals surface area contributed by atoms with Crippen LogP contribution in [-0.4, -0.2) is 13.1 Å². The minimum atomic E-state index is -0.460. The van der Waals surface area contributed by atoms with Crippen molar-refractivity contribution in [1.82, 2.24) is 0 Å². The van der Waals surface area contributed by atoms with Gasteiger partial charge in [0.2, 0.25) is 0 Å². The van der Waals surface area contributed by atoms with E-state index >= 15 is 0 Å². The van der Waals surface area contributed by atoms with Gasteiger partial charge in [-0.2, -0.15) is 0 Å². The third-order valence-electron chi connectivity index (χ3n) is 3.37. The number of rotatable bonds is 3. The van der Waals surface area contributed by atoms with Gasteiger partial charge in [0.1, 0.15) is 10.7 Å². The average molecular weight is 307 g/mol. The molecule has 1 aromatic heterocycles. The van der Waals surface area contributed by atoms with Crippen LogP contribution in [0.5, 0.6) is 0 Å². The van der Waals surface area contributed by atoms with Gasteiger partial charge in [-0.15, -0.1) is 11.3 Å². The van der Waals surface area contributed by atoms with Gasteiger partial charge in [0, 0.05) is 4.88 Å². The van der Waals surface area contributed by atoms with E-state index in [0.717, 1.165) is 16.0 Å². The van der Waals surface area contributed by atoms with Gasteiger partial charge < -0.3 is 10.5 Å². The molecule has 0 radical (unpaired) electrons. The number of nitrogen functional groups attached to an aromatic ring is 1. The van der Waals surface area contributed by atoms with Crippen LogP contribution in [0.15, 0.2) is 18.2 Å². The van der Waals surface area contributed by atoms with Crippen LogP contribution in [0.25, 0.3) is 10.4 Å². The minimum Gasteiger partial charge on any atom is -0.465 e. The zero-order valence-corrected chi connectivity index (χ0v) is 13.3. The summed E-state index contributed by atoms with van der Waals surface area (Å²) >= 11 is 1.25. The van der Waals surface area contributed by atoms with E-state index < -0.39 is 5.97 Å².